The van der Waals surface area contributed by atoms with Crippen molar-refractivity contribution in [1.82, 2.24) is 14.8 Å². The average molecular weight is 208 g/mol. The Morgan fingerprint density at radius 2 is 2.00 bits per heavy atom. The number of benzene rings is 1. The fraction of sp³-hybridized carbons (Fsp3) is 0. The Hall–Kier alpha value is -2.31. The van der Waals surface area contributed by atoms with Crippen molar-refractivity contribution in [3.05, 3.63) is 46.5 Å². The van der Waals surface area contributed by atoms with Crippen LogP contribution in [0.4, 0.5) is 10.3 Å². The summed E-state index contributed by atoms with van der Waals surface area (Å²) >= 11 is 0. The standard InChI is InChI=1S/C8H5FN4O2/c9-6-1-3-7(4-2-6)12-5-10-8(11-12)13(14)15/h1-5H. The van der Waals surface area contributed by atoms with E-state index in [0.29, 0.717) is 5.69 Å². The van der Waals surface area contributed by atoms with E-state index < -0.39 is 10.9 Å². The van der Waals surface area contributed by atoms with Gasteiger partial charge in [-0.25, -0.2) is 4.39 Å². The van der Waals surface area contributed by atoms with E-state index in [1.54, 1.807) is 0 Å². The van der Waals surface area contributed by atoms with Crippen molar-refractivity contribution < 1.29 is 9.31 Å². The summed E-state index contributed by atoms with van der Waals surface area (Å²) in [5.74, 6) is -0.868. The van der Waals surface area contributed by atoms with Crippen molar-refractivity contribution in [3.63, 3.8) is 0 Å². The molecular formula is C8H5FN4O2. The third kappa shape index (κ3) is 1.80. The summed E-state index contributed by atoms with van der Waals surface area (Å²) in [5, 5.41) is 13.9. The van der Waals surface area contributed by atoms with Crippen LogP contribution >= 0.6 is 0 Å². The van der Waals surface area contributed by atoms with Gasteiger partial charge in [0.05, 0.1) is 5.69 Å². The number of aromatic nitrogens is 3. The molecule has 0 spiro atoms. The third-order valence-electron chi connectivity index (χ3n) is 1.73. The Morgan fingerprint density at radius 1 is 1.33 bits per heavy atom. The normalized spacial score (nSPS) is 10.2. The molecule has 1 aromatic heterocycles. The zero-order valence-corrected chi connectivity index (χ0v) is 7.37. The molecule has 2 rings (SSSR count). The lowest BCUT2D eigenvalue weighted by Gasteiger charge is -1.94. The molecule has 0 aliphatic carbocycles. The minimum absolute atomic E-state index is 0.381. The van der Waals surface area contributed by atoms with Crippen LogP contribution in [0, 0.1) is 15.9 Å². The number of nitrogens with zero attached hydrogens (tertiary/aromatic N) is 4. The summed E-state index contributed by atoms with van der Waals surface area (Å²) in [6, 6.07) is 5.38. The summed E-state index contributed by atoms with van der Waals surface area (Å²) in [4.78, 5) is 13.1. The zero-order chi connectivity index (χ0) is 10.8. The highest BCUT2D eigenvalue weighted by Crippen LogP contribution is 2.09. The summed E-state index contributed by atoms with van der Waals surface area (Å²) in [7, 11) is 0. The van der Waals surface area contributed by atoms with E-state index in [1.165, 1.54) is 35.3 Å². The van der Waals surface area contributed by atoms with Gasteiger partial charge in [0, 0.05) is 5.10 Å². The van der Waals surface area contributed by atoms with E-state index in [2.05, 4.69) is 10.1 Å². The third-order valence-corrected chi connectivity index (χ3v) is 1.73. The first-order chi connectivity index (χ1) is 7.16. The Morgan fingerprint density at radius 3 is 2.53 bits per heavy atom. The molecule has 7 heteroatoms. The van der Waals surface area contributed by atoms with Gasteiger partial charge in [-0.1, -0.05) is 4.98 Å². The second-order valence-corrected chi connectivity index (χ2v) is 2.72. The molecule has 0 amide bonds. The minimum Gasteiger partial charge on any atom is -0.390 e. The first-order valence-corrected chi connectivity index (χ1v) is 3.99. The molecule has 0 unspecified atom stereocenters. The molecule has 0 atom stereocenters. The SMILES string of the molecule is O=[N+]([O-])c1ncn(-c2ccc(F)cc2)n1. The van der Waals surface area contributed by atoms with E-state index in [9.17, 15) is 14.5 Å². The highest BCUT2D eigenvalue weighted by atomic mass is 19.1. The van der Waals surface area contributed by atoms with Crippen LogP contribution in [0.2, 0.25) is 0 Å². The molecule has 0 saturated heterocycles. The molecule has 1 aromatic carbocycles. The number of hydrogen-bond donors (Lipinski definition) is 0. The zero-order valence-electron chi connectivity index (χ0n) is 7.37. The topological polar surface area (TPSA) is 73.8 Å². The molecular weight excluding hydrogens is 203 g/mol. The van der Waals surface area contributed by atoms with Crippen LogP contribution in [-0.2, 0) is 0 Å². The Balaban J connectivity index is 2.37. The van der Waals surface area contributed by atoms with Crippen molar-refractivity contribution in [3.8, 4) is 5.69 Å². The molecule has 15 heavy (non-hydrogen) atoms. The second kappa shape index (κ2) is 3.45. The second-order valence-electron chi connectivity index (χ2n) is 2.72. The summed E-state index contributed by atoms with van der Waals surface area (Å²) in [5.41, 5.74) is 0.511. The van der Waals surface area contributed by atoms with E-state index in [-0.39, 0.29) is 5.82 Å². The van der Waals surface area contributed by atoms with Crippen LogP contribution in [-0.4, -0.2) is 19.7 Å². The molecule has 0 aliphatic rings. The van der Waals surface area contributed by atoms with Gasteiger partial charge in [-0.3, -0.25) is 0 Å². The van der Waals surface area contributed by atoms with E-state index in [0.717, 1.165) is 0 Å². The van der Waals surface area contributed by atoms with E-state index in [4.69, 9.17) is 0 Å². The number of halogens is 1. The number of nitro groups is 1. The van der Waals surface area contributed by atoms with Crippen molar-refractivity contribution >= 4 is 5.95 Å². The van der Waals surface area contributed by atoms with Crippen molar-refractivity contribution in [2.24, 2.45) is 0 Å². The maximum absolute atomic E-state index is 12.6. The minimum atomic E-state index is -0.694. The molecule has 0 saturated carbocycles. The number of hydrogen-bond acceptors (Lipinski definition) is 4. The molecule has 0 radical (unpaired) electrons. The van der Waals surface area contributed by atoms with Gasteiger partial charge in [0.15, 0.2) is 0 Å². The average Bonchev–Trinajstić information content (AvgIpc) is 2.68. The number of rotatable bonds is 2. The summed E-state index contributed by atoms with van der Waals surface area (Å²) < 4.78 is 13.8. The first-order valence-electron chi connectivity index (χ1n) is 3.99. The lowest BCUT2D eigenvalue weighted by molar-refractivity contribution is -0.394. The van der Waals surface area contributed by atoms with Crippen molar-refractivity contribution in [1.29, 1.82) is 0 Å². The van der Waals surface area contributed by atoms with Crippen molar-refractivity contribution in [2.45, 2.75) is 0 Å². The monoisotopic (exact) mass is 208 g/mol. The summed E-state index contributed by atoms with van der Waals surface area (Å²) in [6.07, 6.45) is 1.20. The highest BCUT2D eigenvalue weighted by Gasteiger charge is 2.13. The molecule has 0 aliphatic heterocycles. The fourth-order valence-electron chi connectivity index (χ4n) is 1.06. The maximum atomic E-state index is 12.6. The Bertz CT molecular complexity index is 494. The highest BCUT2D eigenvalue weighted by molar-refractivity contribution is 5.30. The summed E-state index contributed by atoms with van der Waals surface area (Å²) in [6.45, 7) is 0. The molecule has 0 bridgehead atoms. The lowest BCUT2D eigenvalue weighted by atomic mass is 10.3. The predicted molar refractivity (Wildman–Crippen MR) is 48.0 cm³/mol. The van der Waals surface area contributed by atoms with Crippen LogP contribution in [0.3, 0.4) is 0 Å². The van der Waals surface area contributed by atoms with Gasteiger partial charge in [-0.2, -0.15) is 0 Å². The van der Waals surface area contributed by atoms with Gasteiger partial charge in [0.2, 0.25) is 6.33 Å². The predicted octanol–water partition coefficient (Wildman–Crippen LogP) is 1.31. The van der Waals surface area contributed by atoms with Gasteiger partial charge in [0.1, 0.15) is 5.82 Å². The molecule has 6 nitrogen and oxygen atoms in total. The Labute approximate surface area is 83.1 Å². The molecule has 0 N–H and O–H groups in total. The molecule has 0 fully saturated rings. The van der Waals surface area contributed by atoms with Gasteiger partial charge in [-0.15, -0.1) is 4.68 Å². The fourth-order valence-corrected chi connectivity index (χ4v) is 1.06. The lowest BCUT2D eigenvalue weighted by Crippen LogP contribution is -1.96. The smallest absolute Gasteiger partial charge is 0.390 e. The Kier molecular flexibility index (Phi) is 2.13. The van der Waals surface area contributed by atoms with Crippen LogP contribution in [0.5, 0.6) is 0 Å². The van der Waals surface area contributed by atoms with E-state index in [1.807, 2.05) is 0 Å². The van der Waals surface area contributed by atoms with Gasteiger partial charge in [0.25, 0.3) is 0 Å². The van der Waals surface area contributed by atoms with Crippen LogP contribution in [0.1, 0.15) is 0 Å². The maximum Gasteiger partial charge on any atom is 0.491 e. The molecule has 1 heterocycles. The first kappa shape index (κ1) is 9.25. The van der Waals surface area contributed by atoms with Crippen molar-refractivity contribution in [2.75, 3.05) is 0 Å². The quantitative estimate of drug-likeness (QED) is 0.551. The van der Waals surface area contributed by atoms with Gasteiger partial charge < -0.3 is 10.1 Å². The van der Waals surface area contributed by atoms with Crippen LogP contribution in [0.15, 0.2) is 30.6 Å². The van der Waals surface area contributed by atoms with E-state index >= 15 is 0 Å². The van der Waals surface area contributed by atoms with Gasteiger partial charge >= 0.3 is 5.95 Å². The van der Waals surface area contributed by atoms with Gasteiger partial charge in [-0.05, 0) is 29.2 Å². The largest absolute Gasteiger partial charge is 0.491 e. The molecule has 2 aromatic rings. The molecule has 76 valence electrons. The van der Waals surface area contributed by atoms with Crippen LogP contribution < -0.4 is 0 Å². The van der Waals surface area contributed by atoms with Crippen LogP contribution in [0.25, 0.3) is 5.69 Å².